The number of hydrogen-bond donors (Lipinski definition) is 1. The van der Waals surface area contributed by atoms with Gasteiger partial charge in [-0.2, -0.15) is 0 Å². The molecule has 1 N–H and O–H groups in total. The van der Waals surface area contributed by atoms with Gasteiger partial charge in [0, 0.05) is 36.8 Å². The molecule has 0 aromatic heterocycles. The minimum atomic E-state index is 0.532. The Hall–Kier alpha value is -1.22. The van der Waals surface area contributed by atoms with Gasteiger partial charge < -0.3 is 15.0 Å². The van der Waals surface area contributed by atoms with Crippen LogP contribution in [0, 0.1) is 0 Å². The normalized spacial score (nSPS) is 20.2. The van der Waals surface area contributed by atoms with Gasteiger partial charge in [0.05, 0.1) is 7.11 Å². The van der Waals surface area contributed by atoms with Crippen molar-refractivity contribution in [2.24, 2.45) is 0 Å². The van der Waals surface area contributed by atoms with E-state index < -0.39 is 0 Å². The molecule has 0 amide bonds. The number of likely N-dealkylation sites (N-methyl/N-ethyl adjacent to an activating group) is 1. The number of nitrogens with one attached hydrogen (secondary N) is 1. The second-order valence-corrected chi connectivity index (χ2v) is 4.90. The summed E-state index contributed by atoms with van der Waals surface area (Å²) < 4.78 is 5.50. The average Bonchev–Trinajstić information content (AvgIpc) is 2.66. The van der Waals surface area contributed by atoms with E-state index in [1.165, 1.54) is 11.3 Å². The van der Waals surface area contributed by atoms with E-state index in [1.54, 1.807) is 7.11 Å². The van der Waals surface area contributed by atoms with Crippen LogP contribution in [-0.4, -0.2) is 33.8 Å². The van der Waals surface area contributed by atoms with Gasteiger partial charge in [-0.1, -0.05) is 6.07 Å². The molecule has 0 aliphatic carbocycles. The Bertz CT molecular complexity index is 392. The molecule has 0 spiro atoms. The number of methoxy groups -OCH3 is 1. The van der Waals surface area contributed by atoms with Gasteiger partial charge in [0.15, 0.2) is 0 Å². The minimum absolute atomic E-state index is 0.532. The maximum Gasteiger partial charge on any atom is 0.124 e. The predicted octanol–water partition coefficient (Wildman–Crippen LogP) is 2.23. The average molecular weight is 234 g/mol. The molecule has 0 radical (unpaired) electrons. The summed E-state index contributed by atoms with van der Waals surface area (Å²) >= 11 is 0. The van der Waals surface area contributed by atoms with E-state index in [0.29, 0.717) is 12.0 Å². The first-order valence-corrected chi connectivity index (χ1v) is 6.22. The van der Waals surface area contributed by atoms with Gasteiger partial charge in [-0.05, 0) is 32.5 Å². The molecule has 2 unspecified atom stereocenters. The molecular formula is C14H22N2O. The van der Waals surface area contributed by atoms with Crippen LogP contribution in [0.25, 0.3) is 0 Å². The van der Waals surface area contributed by atoms with Gasteiger partial charge in [0.2, 0.25) is 0 Å². The van der Waals surface area contributed by atoms with Crippen molar-refractivity contribution in [1.82, 2.24) is 5.32 Å². The van der Waals surface area contributed by atoms with Crippen LogP contribution >= 0.6 is 0 Å². The Labute approximate surface area is 104 Å². The largest absolute Gasteiger partial charge is 0.496 e. The second kappa shape index (κ2) is 4.96. The fourth-order valence-electron chi connectivity index (χ4n) is 2.71. The maximum absolute atomic E-state index is 5.50. The molecule has 3 heteroatoms. The zero-order chi connectivity index (χ0) is 12.4. The molecule has 0 saturated heterocycles. The van der Waals surface area contributed by atoms with E-state index >= 15 is 0 Å². The van der Waals surface area contributed by atoms with Crippen molar-refractivity contribution in [2.75, 3.05) is 32.6 Å². The molecular weight excluding hydrogens is 212 g/mol. The van der Waals surface area contributed by atoms with E-state index in [2.05, 4.69) is 42.4 Å². The van der Waals surface area contributed by atoms with E-state index in [9.17, 15) is 0 Å². The van der Waals surface area contributed by atoms with Gasteiger partial charge in [-0.15, -0.1) is 0 Å². The molecule has 2 rings (SSSR count). The summed E-state index contributed by atoms with van der Waals surface area (Å²) in [5.41, 5.74) is 2.69. The van der Waals surface area contributed by atoms with Crippen molar-refractivity contribution >= 4 is 5.69 Å². The highest BCUT2D eigenvalue weighted by Gasteiger charge is 2.30. The second-order valence-electron chi connectivity index (χ2n) is 4.90. The SMILES string of the molecule is CNC(C)CC1CN(C)c2cccc(OC)c21. The van der Waals surface area contributed by atoms with E-state index in [1.807, 2.05) is 7.05 Å². The van der Waals surface area contributed by atoms with Crippen molar-refractivity contribution in [2.45, 2.75) is 25.3 Å². The lowest BCUT2D eigenvalue weighted by Crippen LogP contribution is -2.25. The molecule has 2 atom stereocenters. The summed E-state index contributed by atoms with van der Waals surface area (Å²) in [7, 11) is 5.93. The Morgan fingerprint density at radius 3 is 2.94 bits per heavy atom. The minimum Gasteiger partial charge on any atom is -0.496 e. The highest BCUT2D eigenvalue weighted by molar-refractivity contribution is 5.65. The van der Waals surface area contributed by atoms with Gasteiger partial charge in [0.1, 0.15) is 5.75 Å². The maximum atomic E-state index is 5.50. The molecule has 0 fully saturated rings. The third-order valence-corrected chi connectivity index (χ3v) is 3.71. The fraction of sp³-hybridized carbons (Fsp3) is 0.571. The van der Waals surface area contributed by atoms with Crippen LogP contribution in [0.15, 0.2) is 18.2 Å². The zero-order valence-corrected chi connectivity index (χ0v) is 11.2. The molecule has 17 heavy (non-hydrogen) atoms. The summed E-state index contributed by atoms with van der Waals surface area (Å²) in [5.74, 6) is 1.59. The standard InChI is InChI=1S/C14H22N2O/c1-10(15-2)8-11-9-16(3)12-6-5-7-13(17-4)14(11)12/h5-7,10-11,15H,8-9H2,1-4H3. The quantitative estimate of drug-likeness (QED) is 0.864. The van der Waals surface area contributed by atoms with E-state index in [0.717, 1.165) is 18.7 Å². The number of benzene rings is 1. The molecule has 94 valence electrons. The summed E-state index contributed by atoms with van der Waals surface area (Å²) in [6.45, 7) is 3.31. The highest BCUT2D eigenvalue weighted by Crippen LogP contribution is 2.43. The van der Waals surface area contributed by atoms with Crippen LogP contribution in [-0.2, 0) is 0 Å². The van der Waals surface area contributed by atoms with Crippen LogP contribution in [0.4, 0.5) is 5.69 Å². The molecule has 3 nitrogen and oxygen atoms in total. The Morgan fingerprint density at radius 2 is 2.29 bits per heavy atom. The molecule has 1 aromatic rings. The fourth-order valence-corrected chi connectivity index (χ4v) is 2.71. The number of hydrogen-bond acceptors (Lipinski definition) is 3. The first-order chi connectivity index (χ1) is 8.17. The highest BCUT2D eigenvalue weighted by atomic mass is 16.5. The monoisotopic (exact) mass is 234 g/mol. The third kappa shape index (κ3) is 2.25. The van der Waals surface area contributed by atoms with Crippen LogP contribution in [0.5, 0.6) is 5.75 Å². The van der Waals surface area contributed by atoms with E-state index in [4.69, 9.17) is 4.74 Å². The predicted molar refractivity (Wildman–Crippen MR) is 72.1 cm³/mol. The van der Waals surface area contributed by atoms with Crippen LogP contribution in [0.3, 0.4) is 0 Å². The van der Waals surface area contributed by atoms with Gasteiger partial charge >= 0.3 is 0 Å². The van der Waals surface area contributed by atoms with Gasteiger partial charge in [-0.25, -0.2) is 0 Å². The summed E-state index contributed by atoms with van der Waals surface area (Å²) in [5, 5.41) is 3.32. The zero-order valence-electron chi connectivity index (χ0n) is 11.2. The topological polar surface area (TPSA) is 24.5 Å². The van der Waals surface area contributed by atoms with Gasteiger partial charge in [-0.3, -0.25) is 0 Å². The molecule has 0 bridgehead atoms. The smallest absolute Gasteiger partial charge is 0.124 e. The molecule has 1 aliphatic heterocycles. The van der Waals surface area contributed by atoms with Crippen LogP contribution in [0.1, 0.15) is 24.8 Å². The lowest BCUT2D eigenvalue weighted by molar-refractivity contribution is 0.403. The van der Waals surface area contributed by atoms with Gasteiger partial charge in [0.25, 0.3) is 0 Å². The summed E-state index contributed by atoms with van der Waals surface area (Å²) in [4.78, 5) is 2.32. The van der Waals surface area contributed by atoms with Crippen LogP contribution < -0.4 is 15.0 Å². The van der Waals surface area contributed by atoms with Crippen molar-refractivity contribution in [3.8, 4) is 5.75 Å². The van der Waals surface area contributed by atoms with Crippen molar-refractivity contribution in [3.63, 3.8) is 0 Å². The number of fused-ring (bicyclic) bond motifs is 1. The lowest BCUT2D eigenvalue weighted by atomic mass is 9.94. The Balaban J connectivity index is 2.31. The number of anilines is 1. The number of ether oxygens (including phenoxy) is 1. The van der Waals surface area contributed by atoms with Crippen LogP contribution in [0.2, 0.25) is 0 Å². The summed E-state index contributed by atoms with van der Waals surface area (Å²) in [6.07, 6.45) is 1.15. The molecule has 1 aliphatic rings. The Kier molecular flexibility index (Phi) is 3.57. The molecule has 1 aromatic carbocycles. The van der Waals surface area contributed by atoms with Crippen molar-refractivity contribution in [3.05, 3.63) is 23.8 Å². The third-order valence-electron chi connectivity index (χ3n) is 3.71. The number of nitrogens with zero attached hydrogens (tertiary/aromatic N) is 1. The Morgan fingerprint density at radius 1 is 1.53 bits per heavy atom. The van der Waals surface area contributed by atoms with Crippen molar-refractivity contribution in [1.29, 1.82) is 0 Å². The lowest BCUT2D eigenvalue weighted by Gasteiger charge is -2.18. The van der Waals surface area contributed by atoms with E-state index in [-0.39, 0.29) is 0 Å². The first kappa shape index (κ1) is 12.2. The molecule has 0 saturated carbocycles. The summed E-state index contributed by atoms with van der Waals surface area (Å²) in [6, 6.07) is 6.85. The van der Waals surface area contributed by atoms with Crippen molar-refractivity contribution < 1.29 is 4.74 Å². The first-order valence-electron chi connectivity index (χ1n) is 6.22. The molecule has 1 heterocycles. The number of rotatable bonds is 4.